The maximum absolute atomic E-state index is 13.0. The predicted molar refractivity (Wildman–Crippen MR) is 91.6 cm³/mol. The Balaban J connectivity index is 1.69. The summed E-state index contributed by atoms with van der Waals surface area (Å²) >= 11 is 0. The Morgan fingerprint density at radius 1 is 1.25 bits per heavy atom. The molecule has 2 aromatic heterocycles. The van der Waals surface area contributed by atoms with Crippen molar-refractivity contribution in [2.75, 3.05) is 24.5 Å². The average molecular weight is 323 g/mol. The Hall–Kier alpha value is -2.55. The molecule has 1 atom stereocenters. The molecule has 2 aliphatic rings. The van der Waals surface area contributed by atoms with E-state index in [2.05, 4.69) is 20.9 Å². The van der Waals surface area contributed by atoms with E-state index in [0.717, 1.165) is 56.4 Å². The van der Waals surface area contributed by atoms with Gasteiger partial charge in [-0.3, -0.25) is 4.79 Å². The summed E-state index contributed by atoms with van der Waals surface area (Å²) in [4.78, 5) is 24.6. The molecule has 0 saturated carbocycles. The van der Waals surface area contributed by atoms with Gasteiger partial charge in [0.25, 0.3) is 0 Å². The molecule has 2 aliphatic heterocycles. The number of pyridine rings is 1. The van der Waals surface area contributed by atoms with Gasteiger partial charge in [-0.15, -0.1) is 0 Å². The van der Waals surface area contributed by atoms with Gasteiger partial charge in [-0.2, -0.15) is 5.26 Å². The summed E-state index contributed by atoms with van der Waals surface area (Å²) in [5, 5.41) is 10.2. The zero-order valence-corrected chi connectivity index (χ0v) is 13.7. The van der Waals surface area contributed by atoms with Crippen LogP contribution in [0.15, 0.2) is 18.5 Å². The van der Waals surface area contributed by atoms with Crippen LogP contribution in [0.2, 0.25) is 0 Å². The van der Waals surface area contributed by atoms with Gasteiger partial charge < -0.3 is 14.8 Å². The number of nitrogens with zero attached hydrogens (tertiary/aromatic N) is 4. The Kier molecular flexibility index (Phi) is 3.85. The Morgan fingerprint density at radius 2 is 2.08 bits per heavy atom. The molecule has 1 amide bonds. The summed E-state index contributed by atoms with van der Waals surface area (Å²) in [5.74, 6) is 0.242. The van der Waals surface area contributed by atoms with Crippen LogP contribution < -0.4 is 4.90 Å². The van der Waals surface area contributed by atoms with Gasteiger partial charge in [0.2, 0.25) is 5.91 Å². The Morgan fingerprint density at radius 3 is 2.88 bits per heavy atom. The molecule has 6 nitrogen and oxygen atoms in total. The quantitative estimate of drug-likeness (QED) is 0.921. The van der Waals surface area contributed by atoms with Crippen LogP contribution in [0.3, 0.4) is 0 Å². The summed E-state index contributed by atoms with van der Waals surface area (Å²) in [5.41, 5.74) is 2.25. The maximum Gasteiger partial charge on any atom is 0.245 e. The second-order valence-electron chi connectivity index (χ2n) is 6.61. The molecule has 0 aromatic carbocycles. The number of rotatable bonds is 2. The van der Waals surface area contributed by atoms with Crippen LogP contribution in [-0.4, -0.2) is 46.5 Å². The van der Waals surface area contributed by atoms with Gasteiger partial charge in [0.15, 0.2) is 0 Å². The van der Waals surface area contributed by atoms with Crippen molar-refractivity contribution in [3.63, 3.8) is 0 Å². The smallest absolute Gasteiger partial charge is 0.245 e. The van der Waals surface area contributed by atoms with E-state index in [9.17, 15) is 10.1 Å². The lowest BCUT2D eigenvalue weighted by atomic mass is 10.1. The first kappa shape index (κ1) is 15.0. The van der Waals surface area contributed by atoms with Crippen LogP contribution in [0.5, 0.6) is 0 Å². The van der Waals surface area contributed by atoms with Crippen LogP contribution in [0, 0.1) is 11.3 Å². The Labute approximate surface area is 141 Å². The van der Waals surface area contributed by atoms with Gasteiger partial charge in [0.1, 0.15) is 17.8 Å². The van der Waals surface area contributed by atoms with Gasteiger partial charge in [-0.05, 0) is 38.2 Å². The summed E-state index contributed by atoms with van der Waals surface area (Å²) in [6.45, 7) is 2.60. The number of amides is 1. The van der Waals surface area contributed by atoms with Crippen molar-refractivity contribution in [3.8, 4) is 6.07 Å². The first-order valence-corrected chi connectivity index (χ1v) is 8.71. The van der Waals surface area contributed by atoms with E-state index in [1.54, 1.807) is 12.4 Å². The third-order valence-corrected chi connectivity index (χ3v) is 5.19. The number of fused-ring (bicyclic) bond motifs is 1. The molecule has 0 spiro atoms. The monoisotopic (exact) mass is 323 g/mol. The van der Waals surface area contributed by atoms with Crippen molar-refractivity contribution in [3.05, 3.63) is 24.0 Å². The fourth-order valence-electron chi connectivity index (χ4n) is 4.00. The lowest BCUT2D eigenvalue weighted by Gasteiger charge is -2.33. The van der Waals surface area contributed by atoms with E-state index in [0.29, 0.717) is 11.2 Å². The molecule has 0 radical (unpaired) electrons. The molecule has 6 heteroatoms. The fraction of sp³-hybridized carbons (Fsp3) is 0.500. The topological polar surface area (TPSA) is 76.0 Å². The number of nitriles is 1. The van der Waals surface area contributed by atoms with Crippen molar-refractivity contribution in [2.24, 2.45) is 0 Å². The van der Waals surface area contributed by atoms with Crippen molar-refractivity contribution >= 4 is 22.6 Å². The van der Waals surface area contributed by atoms with Crippen molar-refractivity contribution in [1.82, 2.24) is 14.9 Å². The second-order valence-corrected chi connectivity index (χ2v) is 6.61. The number of nitrogens with one attached hydrogen (secondary N) is 1. The number of H-pyrrole nitrogens is 1. The van der Waals surface area contributed by atoms with E-state index in [-0.39, 0.29) is 11.9 Å². The summed E-state index contributed by atoms with van der Waals surface area (Å²) in [6.07, 6.45) is 8.75. The zero-order valence-electron chi connectivity index (χ0n) is 13.7. The van der Waals surface area contributed by atoms with Gasteiger partial charge in [0, 0.05) is 32.0 Å². The number of aromatic amines is 1. The van der Waals surface area contributed by atoms with E-state index in [1.165, 1.54) is 6.42 Å². The minimum absolute atomic E-state index is 0.116. The molecule has 0 unspecified atom stereocenters. The highest BCUT2D eigenvalue weighted by molar-refractivity contribution is 5.97. The molecule has 2 saturated heterocycles. The molecular formula is C18H21N5O. The number of hydrogen-bond acceptors (Lipinski definition) is 4. The summed E-state index contributed by atoms with van der Waals surface area (Å²) in [6, 6.07) is 4.04. The lowest BCUT2D eigenvalue weighted by molar-refractivity contribution is -0.133. The number of anilines is 1. The highest BCUT2D eigenvalue weighted by Crippen LogP contribution is 2.34. The summed E-state index contributed by atoms with van der Waals surface area (Å²) < 4.78 is 0. The maximum atomic E-state index is 13.0. The minimum Gasteiger partial charge on any atom is -0.359 e. The SMILES string of the molecule is N#Cc1c[nH]c2nccc(N3CCC[C@H]3C(=O)N3CCCCC3)c12. The second kappa shape index (κ2) is 6.16. The van der Waals surface area contributed by atoms with Gasteiger partial charge >= 0.3 is 0 Å². The molecular weight excluding hydrogens is 302 g/mol. The number of likely N-dealkylation sites (tertiary alicyclic amines) is 1. The zero-order chi connectivity index (χ0) is 16.5. The largest absolute Gasteiger partial charge is 0.359 e. The molecule has 2 aromatic rings. The average Bonchev–Trinajstić information content (AvgIpc) is 3.28. The third kappa shape index (κ3) is 2.41. The van der Waals surface area contributed by atoms with E-state index in [1.807, 2.05) is 11.0 Å². The highest BCUT2D eigenvalue weighted by atomic mass is 16.2. The van der Waals surface area contributed by atoms with Crippen molar-refractivity contribution < 1.29 is 4.79 Å². The molecule has 0 aliphatic carbocycles. The number of carbonyl (C=O) groups is 1. The first-order valence-electron chi connectivity index (χ1n) is 8.71. The normalized spacial score (nSPS) is 21.2. The summed E-state index contributed by atoms with van der Waals surface area (Å²) in [7, 11) is 0. The van der Waals surface area contributed by atoms with Crippen molar-refractivity contribution in [1.29, 1.82) is 5.26 Å². The molecule has 4 heterocycles. The van der Waals surface area contributed by atoms with Gasteiger partial charge in [-0.1, -0.05) is 0 Å². The van der Waals surface area contributed by atoms with E-state index in [4.69, 9.17) is 0 Å². The van der Waals surface area contributed by atoms with Crippen LogP contribution in [-0.2, 0) is 4.79 Å². The molecule has 4 rings (SSSR count). The third-order valence-electron chi connectivity index (χ3n) is 5.19. The standard InChI is InChI=1S/C18H21N5O/c19-11-13-12-21-17-16(13)14(6-7-20-17)23-10-4-5-15(23)18(24)22-8-2-1-3-9-22/h6-7,12,15H,1-5,8-10H2,(H,20,21)/t15-/m0/s1. The molecule has 124 valence electrons. The first-order chi connectivity index (χ1) is 11.8. The number of aromatic nitrogens is 2. The number of carbonyl (C=O) groups excluding carboxylic acids is 1. The lowest BCUT2D eigenvalue weighted by Crippen LogP contribution is -2.47. The van der Waals surface area contributed by atoms with Crippen LogP contribution in [0.25, 0.3) is 11.0 Å². The van der Waals surface area contributed by atoms with Gasteiger partial charge in [-0.25, -0.2) is 4.98 Å². The molecule has 0 bridgehead atoms. The number of hydrogen-bond donors (Lipinski definition) is 1. The highest BCUT2D eigenvalue weighted by Gasteiger charge is 2.35. The van der Waals surface area contributed by atoms with Crippen molar-refractivity contribution in [2.45, 2.75) is 38.1 Å². The van der Waals surface area contributed by atoms with E-state index >= 15 is 0 Å². The molecule has 2 fully saturated rings. The fourth-order valence-corrected chi connectivity index (χ4v) is 4.00. The van der Waals surface area contributed by atoms with E-state index < -0.39 is 0 Å². The number of piperidine rings is 1. The Bertz CT molecular complexity index is 799. The van der Waals surface area contributed by atoms with Crippen LogP contribution >= 0.6 is 0 Å². The molecule has 24 heavy (non-hydrogen) atoms. The van der Waals surface area contributed by atoms with Gasteiger partial charge in [0.05, 0.1) is 16.6 Å². The van der Waals surface area contributed by atoms with Crippen LogP contribution in [0.1, 0.15) is 37.7 Å². The predicted octanol–water partition coefficient (Wildman–Crippen LogP) is 2.42. The minimum atomic E-state index is -0.116. The van der Waals surface area contributed by atoms with Crippen LogP contribution in [0.4, 0.5) is 5.69 Å². The molecule has 1 N–H and O–H groups in total.